The Bertz CT molecular complexity index is 507. The average molecular weight is 297 g/mol. The summed E-state index contributed by atoms with van der Waals surface area (Å²) in [7, 11) is 0. The third-order valence-electron chi connectivity index (χ3n) is 4.56. The van der Waals surface area contributed by atoms with Gasteiger partial charge in [0.05, 0.1) is 6.04 Å². The van der Waals surface area contributed by atoms with Crippen molar-refractivity contribution in [3.63, 3.8) is 0 Å². The van der Waals surface area contributed by atoms with E-state index < -0.39 is 5.38 Å². The van der Waals surface area contributed by atoms with Gasteiger partial charge >= 0.3 is 0 Å². The number of carbonyl (C=O) groups is 1. The summed E-state index contributed by atoms with van der Waals surface area (Å²) in [6.07, 6.45) is 5.01. The fourth-order valence-corrected chi connectivity index (χ4v) is 3.55. The minimum atomic E-state index is -0.485. The van der Waals surface area contributed by atoms with E-state index in [2.05, 4.69) is 14.8 Å². The quantitative estimate of drug-likeness (QED) is 0.788. The molecule has 1 fully saturated rings. The lowest BCUT2D eigenvalue weighted by Gasteiger charge is -2.34. The molecule has 2 heterocycles. The molecule has 5 nitrogen and oxygen atoms in total. The predicted octanol–water partition coefficient (Wildman–Crippen LogP) is 2.47. The number of alkyl halides is 1. The molecule has 0 saturated heterocycles. The van der Waals surface area contributed by atoms with Crippen molar-refractivity contribution in [1.29, 1.82) is 0 Å². The topological polar surface area (TPSA) is 51.0 Å². The van der Waals surface area contributed by atoms with Crippen molar-refractivity contribution in [1.82, 2.24) is 19.7 Å². The van der Waals surface area contributed by atoms with Crippen LogP contribution in [0.1, 0.15) is 63.1 Å². The normalized spacial score (nSPS) is 24.8. The number of nitrogens with zero attached hydrogens (tertiary/aromatic N) is 4. The summed E-state index contributed by atoms with van der Waals surface area (Å²) >= 11 is 5.93. The first-order valence-corrected chi connectivity index (χ1v) is 7.90. The highest BCUT2D eigenvalue weighted by Crippen LogP contribution is 2.35. The van der Waals surface area contributed by atoms with Crippen molar-refractivity contribution in [2.45, 2.75) is 63.4 Å². The molecule has 2 unspecified atom stereocenters. The van der Waals surface area contributed by atoms with Crippen molar-refractivity contribution in [3.05, 3.63) is 11.6 Å². The fraction of sp³-hybridized carbons (Fsp3) is 0.786. The van der Waals surface area contributed by atoms with Gasteiger partial charge in [0.2, 0.25) is 5.91 Å². The van der Waals surface area contributed by atoms with Gasteiger partial charge in [-0.05, 0) is 26.7 Å². The van der Waals surface area contributed by atoms with Crippen molar-refractivity contribution in [3.8, 4) is 0 Å². The number of fused-ring (bicyclic) bond motifs is 1. The molecule has 20 heavy (non-hydrogen) atoms. The smallest absolute Gasteiger partial charge is 0.241 e. The summed E-state index contributed by atoms with van der Waals surface area (Å²) in [6, 6.07) is -0.0416. The van der Waals surface area contributed by atoms with E-state index in [1.807, 2.05) is 11.8 Å². The standard InChI is InChI=1S/C14H21ClN4O/c1-9(15)14(20)18-7-8-19-12(10(18)2)16-17-13(19)11-5-3-4-6-11/h9-11H,3-8H2,1-2H3. The lowest BCUT2D eigenvalue weighted by atomic mass is 10.1. The molecular formula is C14H21ClN4O. The van der Waals surface area contributed by atoms with Gasteiger partial charge in [0.15, 0.2) is 5.82 Å². The van der Waals surface area contributed by atoms with Crippen LogP contribution in [0.5, 0.6) is 0 Å². The molecule has 6 heteroatoms. The van der Waals surface area contributed by atoms with Gasteiger partial charge in [-0.25, -0.2) is 0 Å². The molecular weight excluding hydrogens is 276 g/mol. The monoisotopic (exact) mass is 296 g/mol. The summed E-state index contributed by atoms with van der Waals surface area (Å²) in [6.45, 7) is 5.21. The van der Waals surface area contributed by atoms with Crippen LogP contribution in [-0.4, -0.2) is 37.5 Å². The van der Waals surface area contributed by atoms with Crippen molar-refractivity contribution >= 4 is 17.5 Å². The highest BCUT2D eigenvalue weighted by atomic mass is 35.5. The van der Waals surface area contributed by atoms with E-state index in [0.717, 1.165) is 18.2 Å². The van der Waals surface area contributed by atoms with Gasteiger partial charge in [-0.3, -0.25) is 4.79 Å². The maximum Gasteiger partial charge on any atom is 0.241 e. The van der Waals surface area contributed by atoms with Gasteiger partial charge in [-0.2, -0.15) is 0 Å². The van der Waals surface area contributed by atoms with E-state index in [4.69, 9.17) is 11.6 Å². The first-order valence-electron chi connectivity index (χ1n) is 7.47. The van der Waals surface area contributed by atoms with Crippen LogP contribution in [-0.2, 0) is 11.3 Å². The number of amides is 1. The van der Waals surface area contributed by atoms with Crippen molar-refractivity contribution in [2.24, 2.45) is 0 Å². The molecule has 2 atom stereocenters. The lowest BCUT2D eigenvalue weighted by molar-refractivity contribution is -0.133. The highest BCUT2D eigenvalue weighted by Gasteiger charge is 2.34. The number of carbonyl (C=O) groups excluding carboxylic acids is 1. The molecule has 1 aliphatic carbocycles. The largest absolute Gasteiger partial charge is 0.330 e. The number of halogens is 1. The van der Waals surface area contributed by atoms with Gasteiger partial charge in [0.25, 0.3) is 0 Å². The predicted molar refractivity (Wildman–Crippen MR) is 76.7 cm³/mol. The van der Waals surface area contributed by atoms with Crippen LogP contribution in [0, 0.1) is 0 Å². The molecule has 2 aliphatic rings. The van der Waals surface area contributed by atoms with Crippen LogP contribution < -0.4 is 0 Å². The zero-order valence-electron chi connectivity index (χ0n) is 12.0. The number of aromatic nitrogens is 3. The molecule has 1 aromatic heterocycles. The number of hydrogen-bond acceptors (Lipinski definition) is 3. The number of hydrogen-bond donors (Lipinski definition) is 0. The Morgan fingerprint density at radius 2 is 1.90 bits per heavy atom. The van der Waals surface area contributed by atoms with Crippen LogP contribution in [0.2, 0.25) is 0 Å². The summed E-state index contributed by atoms with van der Waals surface area (Å²) in [5, 5.41) is 8.28. The number of rotatable bonds is 2. The first-order chi connectivity index (χ1) is 9.59. The van der Waals surface area contributed by atoms with Crippen LogP contribution in [0.4, 0.5) is 0 Å². The second-order valence-corrected chi connectivity index (χ2v) is 6.53. The van der Waals surface area contributed by atoms with Gasteiger partial charge in [-0.1, -0.05) is 12.8 Å². The average Bonchev–Trinajstić information content (AvgIpc) is 3.06. The van der Waals surface area contributed by atoms with E-state index in [0.29, 0.717) is 12.5 Å². The Morgan fingerprint density at radius 1 is 1.25 bits per heavy atom. The Balaban J connectivity index is 1.86. The minimum absolute atomic E-state index is 0.0177. The Kier molecular flexibility index (Phi) is 3.71. The third-order valence-corrected chi connectivity index (χ3v) is 4.74. The Labute approximate surface area is 124 Å². The summed E-state index contributed by atoms with van der Waals surface area (Å²) < 4.78 is 2.23. The molecule has 0 N–H and O–H groups in total. The first kappa shape index (κ1) is 13.9. The molecule has 110 valence electrons. The van der Waals surface area contributed by atoms with Crippen molar-refractivity contribution in [2.75, 3.05) is 6.54 Å². The van der Waals surface area contributed by atoms with Crippen LogP contribution in [0.25, 0.3) is 0 Å². The molecule has 1 saturated carbocycles. The molecule has 0 aromatic carbocycles. The van der Waals surface area contributed by atoms with E-state index >= 15 is 0 Å². The Hall–Kier alpha value is -1.10. The fourth-order valence-electron chi connectivity index (χ4n) is 3.42. The van der Waals surface area contributed by atoms with Gasteiger partial charge in [0.1, 0.15) is 11.2 Å². The van der Waals surface area contributed by atoms with Gasteiger partial charge in [-0.15, -0.1) is 21.8 Å². The molecule has 0 radical (unpaired) electrons. The van der Waals surface area contributed by atoms with E-state index in [9.17, 15) is 4.79 Å². The molecule has 0 bridgehead atoms. The van der Waals surface area contributed by atoms with E-state index in [1.165, 1.54) is 25.7 Å². The minimum Gasteiger partial charge on any atom is -0.330 e. The van der Waals surface area contributed by atoms with Gasteiger partial charge in [0, 0.05) is 19.0 Å². The summed E-state index contributed by atoms with van der Waals surface area (Å²) in [5.41, 5.74) is 0. The zero-order chi connectivity index (χ0) is 14.3. The van der Waals surface area contributed by atoms with Crippen LogP contribution in [0.15, 0.2) is 0 Å². The second kappa shape index (κ2) is 5.35. The molecule has 3 rings (SSSR count). The zero-order valence-corrected chi connectivity index (χ0v) is 12.8. The Morgan fingerprint density at radius 3 is 2.55 bits per heavy atom. The van der Waals surface area contributed by atoms with Crippen LogP contribution in [0.3, 0.4) is 0 Å². The SMILES string of the molecule is CC(Cl)C(=O)N1CCn2c(C3CCCC3)nnc2C1C. The molecule has 1 aliphatic heterocycles. The lowest BCUT2D eigenvalue weighted by Crippen LogP contribution is -2.44. The molecule has 0 spiro atoms. The van der Waals surface area contributed by atoms with Gasteiger partial charge < -0.3 is 9.47 Å². The molecule has 1 aromatic rings. The second-order valence-electron chi connectivity index (χ2n) is 5.87. The van der Waals surface area contributed by atoms with E-state index in [-0.39, 0.29) is 11.9 Å². The van der Waals surface area contributed by atoms with Crippen molar-refractivity contribution < 1.29 is 4.79 Å². The maximum absolute atomic E-state index is 12.1. The summed E-state index contributed by atoms with van der Waals surface area (Å²) in [5.74, 6) is 2.56. The summed E-state index contributed by atoms with van der Waals surface area (Å²) in [4.78, 5) is 13.9. The third kappa shape index (κ3) is 2.22. The van der Waals surface area contributed by atoms with E-state index in [1.54, 1.807) is 6.92 Å². The maximum atomic E-state index is 12.1. The van der Waals surface area contributed by atoms with Crippen LogP contribution >= 0.6 is 11.6 Å². The highest BCUT2D eigenvalue weighted by molar-refractivity contribution is 6.30. The molecule has 1 amide bonds.